The average Bonchev–Trinajstić information content (AvgIpc) is 2.50. The number of rotatable bonds is 9. The lowest BCUT2D eigenvalue weighted by Crippen LogP contribution is -2.42. The Bertz CT molecular complexity index is 526. The van der Waals surface area contributed by atoms with Gasteiger partial charge >= 0.3 is 11.9 Å². The molecule has 0 saturated heterocycles. The van der Waals surface area contributed by atoms with E-state index in [9.17, 15) is 14.4 Å². The van der Waals surface area contributed by atoms with Gasteiger partial charge in [0.05, 0.1) is 0 Å². The second-order valence-corrected chi connectivity index (χ2v) is 6.80. The molecule has 1 rings (SSSR count). The van der Waals surface area contributed by atoms with Crippen molar-refractivity contribution in [2.45, 2.75) is 12.1 Å². The van der Waals surface area contributed by atoms with E-state index in [-0.39, 0.29) is 11.5 Å². The lowest BCUT2D eigenvalue weighted by Gasteiger charge is -2.14. The number of hydrogen-bond acceptors (Lipinski definition) is 6. The third-order valence-corrected chi connectivity index (χ3v) is 4.97. The van der Waals surface area contributed by atoms with Gasteiger partial charge in [-0.2, -0.15) is 0 Å². The fraction of sp³-hybridized carbons (Fsp3) is 0.308. The van der Waals surface area contributed by atoms with Gasteiger partial charge in [0.15, 0.2) is 0 Å². The van der Waals surface area contributed by atoms with Gasteiger partial charge in [0, 0.05) is 17.1 Å². The summed E-state index contributed by atoms with van der Waals surface area (Å²) < 4.78 is 0. The monoisotopic (exact) mass is 344 g/mol. The van der Waals surface area contributed by atoms with E-state index in [0.717, 1.165) is 21.6 Å². The van der Waals surface area contributed by atoms with E-state index in [2.05, 4.69) is 5.32 Å². The molecule has 0 fully saturated rings. The molecule has 0 heterocycles. The molecule has 0 aliphatic heterocycles. The first-order chi connectivity index (χ1) is 10.4. The summed E-state index contributed by atoms with van der Waals surface area (Å²) in [6, 6.07) is 6.23. The molecular weight excluding hydrogens is 328 g/mol. The standard InChI is InChI=1S/C13H16N2O5S2/c14-9(12(17)18)6-21-22-7-10(13(19)20)15-11(16)8-4-2-1-3-5-8/h1-5,9-10H,6-7,14H2,(H,15,16)(H,17,18)(H,19,20)/t9-,10+/m0/s1. The Kier molecular flexibility index (Phi) is 7.78. The molecule has 0 spiro atoms. The zero-order chi connectivity index (χ0) is 16.5. The average molecular weight is 344 g/mol. The number of carboxylic acid groups (broad SMARTS) is 2. The van der Waals surface area contributed by atoms with E-state index >= 15 is 0 Å². The maximum absolute atomic E-state index is 11.9. The number of nitrogens with one attached hydrogen (secondary N) is 1. The van der Waals surface area contributed by atoms with Crippen LogP contribution in [-0.4, -0.2) is 51.6 Å². The number of carbonyl (C=O) groups is 3. The maximum Gasteiger partial charge on any atom is 0.327 e. The Morgan fingerprint density at radius 2 is 1.64 bits per heavy atom. The molecule has 1 amide bonds. The molecule has 1 aromatic carbocycles. The minimum atomic E-state index is -1.15. The minimum Gasteiger partial charge on any atom is -0.480 e. The third-order valence-electron chi connectivity index (χ3n) is 2.52. The Morgan fingerprint density at radius 3 is 2.18 bits per heavy atom. The van der Waals surface area contributed by atoms with Crippen LogP contribution in [0.4, 0.5) is 0 Å². The number of carboxylic acids is 2. The van der Waals surface area contributed by atoms with Crippen LogP contribution in [-0.2, 0) is 9.59 Å². The molecular formula is C13H16N2O5S2. The van der Waals surface area contributed by atoms with Gasteiger partial charge in [0.2, 0.25) is 0 Å². The van der Waals surface area contributed by atoms with Gasteiger partial charge in [-0.05, 0) is 12.1 Å². The number of amides is 1. The summed E-state index contributed by atoms with van der Waals surface area (Å²) in [7, 11) is 2.30. The topological polar surface area (TPSA) is 130 Å². The van der Waals surface area contributed by atoms with E-state index in [1.807, 2.05) is 0 Å². The molecule has 0 radical (unpaired) electrons. The molecule has 0 aliphatic rings. The third kappa shape index (κ3) is 6.37. The van der Waals surface area contributed by atoms with Crippen LogP contribution in [0.1, 0.15) is 10.4 Å². The van der Waals surface area contributed by atoms with E-state index in [0.29, 0.717) is 5.56 Å². The second-order valence-electron chi connectivity index (χ2n) is 4.24. The summed E-state index contributed by atoms with van der Waals surface area (Å²) in [5, 5.41) is 20.2. The smallest absolute Gasteiger partial charge is 0.327 e. The van der Waals surface area contributed by atoms with Gasteiger partial charge in [-0.15, -0.1) is 0 Å². The van der Waals surface area contributed by atoms with E-state index in [4.69, 9.17) is 15.9 Å². The van der Waals surface area contributed by atoms with Gasteiger partial charge in [-0.25, -0.2) is 4.79 Å². The van der Waals surface area contributed by atoms with Crippen LogP contribution in [0.2, 0.25) is 0 Å². The fourth-order valence-electron chi connectivity index (χ4n) is 1.31. The number of nitrogens with two attached hydrogens (primary N) is 1. The SMILES string of the molecule is N[C@@H](CSSC[C@@H](NC(=O)c1ccccc1)C(=O)O)C(=O)O. The first-order valence-corrected chi connectivity index (χ1v) is 8.72. The summed E-state index contributed by atoms with van der Waals surface area (Å²) in [5.41, 5.74) is 5.70. The summed E-state index contributed by atoms with van der Waals surface area (Å²) >= 11 is 0. The van der Waals surface area contributed by atoms with Gasteiger partial charge in [-0.3, -0.25) is 9.59 Å². The van der Waals surface area contributed by atoms with Crippen molar-refractivity contribution in [3.8, 4) is 0 Å². The number of aliphatic carboxylic acids is 2. The van der Waals surface area contributed by atoms with Crippen LogP contribution >= 0.6 is 21.6 Å². The van der Waals surface area contributed by atoms with Crippen LogP contribution in [0.3, 0.4) is 0 Å². The molecule has 0 aliphatic carbocycles. The quantitative estimate of drug-likeness (QED) is 0.380. The predicted molar refractivity (Wildman–Crippen MR) is 85.9 cm³/mol. The van der Waals surface area contributed by atoms with Crippen LogP contribution in [0.25, 0.3) is 0 Å². The van der Waals surface area contributed by atoms with Crippen molar-refractivity contribution in [3.63, 3.8) is 0 Å². The Morgan fingerprint density at radius 1 is 1.05 bits per heavy atom. The number of hydrogen-bond donors (Lipinski definition) is 4. The van der Waals surface area contributed by atoms with Crippen molar-refractivity contribution in [3.05, 3.63) is 35.9 Å². The van der Waals surface area contributed by atoms with Gasteiger partial charge < -0.3 is 21.3 Å². The highest BCUT2D eigenvalue weighted by atomic mass is 33.1. The van der Waals surface area contributed by atoms with Crippen molar-refractivity contribution in [2.24, 2.45) is 5.73 Å². The lowest BCUT2D eigenvalue weighted by molar-refractivity contribution is -0.139. The Labute approximate surface area is 135 Å². The number of carbonyl (C=O) groups excluding carboxylic acids is 1. The number of benzene rings is 1. The molecule has 0 saturated carbocycles. The molecule has 0 bridgehead atoms. The van der Waals surface area contributed by atoms with E-state index in [1.54, 1.807) is 30.3 Å². The van der Waals surface area contributed by atoms with Crippen molar-refractivity contribution >= 4 is 39.4 Å². The summed E-state index contributed by atoms with van der Waals surface area (Å²) in [4.78, 5) is 33.6. The van der Waals surface area contributed by atoms with Crippen LogP contribution in [0, 0.1) is 0 Å². The lowest BCUT2D eigenvalue weighted by atomic mass is 10.2. The summed E-state index contributed by atoms with van der Waals surface area (Å²) in [5.74, 6) is -2.48. The molecule has 22 heavy (non-hydrogen) atoms. The van der Waals surface area contributed by atoms with Crippen LogP contribution in [0.5, 0.6) is 0 Å². The summed E-state index contributed by atoms with van der Waals surface area (Å²) in [6.45, 7) is 0. The largest absolute Gasteiger partial charge is 0.480 e. The molecule has 9 heteroatoms. The molecule has 0 aromatic heterocycles. The predicted octanol–water partition coefficient (Wildman–Crippen LogP) is 0.663. The highest BCUT2D eigenvalue weighted by Gasteiger charge is 2.21. The van der Waals surface area contributed by atoms with Crippen molar-refractivity contribution in [1.82, 2.24) is 5.32 Å². The molecule has 5 N–H and O–H groups in total. The van der Waals surface area contributed by atoms with Crippen molar-refractivity contribution < 1.29 is 24.6 Å². The zero-order valence-electron chi connectivity index (χ0n) is 11.5. The van der Waals surface area contributed by atoms with E-state index < -0.39 is 29.9 Å². The van der Waals surface area contributed by atoms with Crippen LogP contribution < -0.4 is 11.1 Å². The van der Waals surface area contributed by atoms with Gasteiger partial charge in [0.25, 0.3) is 5.91 Å². The molecule has 7 nitrogen and oxygen atoms in total. The van der Waals surface area contributed by atoms with E-state index in [1.165, 1.54) is 0 Å². The van der Waals surface area contributed by atoms with Crippen molar-refractivity contribution in [1.29, 1.82) is 0 Å². The molecule has 120 valence electrons. The van der Waals surface area contributed by atoms with Crippen LogP contribution in [0.15, 0.2) is 30.3 Å². The normalized spacial score (nSPS) is 13.1. The van der Waals surface area contributed by atoms with Crippen molar-refractivity contribution in [2.75, 3.05) is 11.5 Å². The first-order valence-electron chi connectivity index (χ1n) is 6.23. The van der Waals surface area contributed by atoms with Gasteiger partial charge in [-0.1, -0.05) is 39.8 Å². The maximum atomic E-state index is 11.9. The minimum absolute atomic E-state index is 0.102. The molecule has 0 unspecified atom stereocenters. The highest BCUT2D eigenvalue weighted by molar-refractivity contribution is 8.76. The molecule has 1 aromatic rings. The molecule has 2 atom stereocenters. The summed E-state index contributed by atoms with van der Waals surface area (Å²) in [6.07, 6.45) is 0. The fourth-order valence-corrected chi connectivity index (χ4v) is 3.58. The Hall–Kier alpha value is -1.71. The highest BCUT2D eigenvalue weighted by Crippen LogP contribution is 2.22. The van der Waals surface area contributed by atoms with Gasteiger partial charge in [0.1, 0.15) is 12.1 Å². The Balaban J connectivity index is 2.44. The second kappa shape index (κ2) is 9.34. The zero-order valence-corrected chi connectivity index (χ0v) is 13.1. The first kappa shape index (κ1) is 18.3.